The number of anilines is 4. The molecule has 0 radical (unpaired) electrons. The van der Waals surface area contributed by atoms with E-state index < -0.39 is 45.0 Å². The van der Waals surface area contributed by atoms with Crippen molar-refractivity contribution in [1.82, 2.24) is 40.8 Å². The summed E-state index contributed by atoms with van der Waals surface area (Å²) >= 11 is 0. The molecule has 74 heavy (non-hydrogen) atoms. The molecule has 4 atom stereocenters. The molecule has 4 unspecified atom stereocenters. The molecule has 0 spiro atoms. The van der Waals surface area contributed by atoms with Crippen LogP contribution in [0.2, 0.25) is 0 Å². The minimum Gasteiger partial charge on any atom is -0.493 e. The van der Waals surface area contributed by atoms with Gasteiger partial charge in [0.2, 0.25) is 11.8 Å². The second kappa shape index (κ2) is 29.2. The van der Waals surface area contributed by atoms with E-state index in [-0.39, 0.29) is 44.7 Å². The standard InChI is InChI=1S/C48H62FN11O12P2/c1-5-60(21-11-24-69-40-18-19-41-42(31-40)51-32-52-45(41)55-43-29-39(56-57-43)30-44(62)54-38-13-10-12-36(49)28-38)22-26-72-74(68,58-33(3)46(63)53-34(4)48(65)66)71-25-9-7-8-20-50-47(64)35-14-16-37(17-15-35)59-73(67,6-2)70-27-23-61/h2,10,12-19,28-29,31-34,61H,5,7-9,11,20-27,30H2,1,3-4H3,(H,50,64)(H,53,63)(H,54,62)(H,58,68)(H,59,67)(H,65,66)(H2,51,52,55,56,57). The number of terminal acetylenes is 1. The van der Waals surface area contributed by atoms with Gasteiger partial charge in [-0.15, -0.1) is 6.42 Å². The Morgan fingerprint density at radius 1 is 0.878 bits per heavy atom. The van der Waals surface area contributed by atoms with Crippen molar-refractivity contribution in [3.63, 3.8) is 0 Å². The fourth-order valence-electron chi connectivity index (χ4n) is 6.84. The third kappa shape index (κ3) is 19.2. The molecule has 23 nitrogen and oxygen atoms in total. The highest BCUT2D eigenvalue weighted by atomic mass is 31.2. The smallest absolute Gasteiger partial charge is 0.406 e. The molecule has 0 fully saturated rings. The molecule has 0 aliphatic carbocycles. The zero-order valence-corrected chi connectivity index (χ0v) is 43.0. The third-order valence-electron chi connectivity index (χ3n) is 10.7. The summed E-state index contributed by atoms with van der Waals surface area (Å²) in [7, 11) is -7.77. The average molecular weight is 1070 g/mol. The molecule has 3 aromatic carbocycles. The van der Waals surface area contributed by atoms with Gasteiger partial charge in [-0.2, -0.15) is 5.10 Å². The van der Waals surface area contributed by atoms with Crippen LogP contribution < -0.4 is 36.2 Å². The fraction of sp³-hybridized carbons (Fsp3) is 0.396. The van der Waals surface area contributed by atoms with Crippen LogP contribution in [0.15, 0.2) is 79.1 Å². The summed E-state index contributed by atoms with van der Waals surface area (Å²) in [4.78, 5) is 60.2. The summed E-state index contributed by atoms with van der Waals surface area (Å²) in [5.41, 5.74) is 4.26. The maximum atomic E-state index is 14.0. The van der Waals surface area contributed by atoms with Crippen LogP contribution in [0.4, 0.5) is 27.4 Å². The van der Waals surface area contributed by atoms with Crippen LogP contribution in [-0.2, 0) is 43.5 Å². The number of carbonyl (C=O) groups is 4. The van der Waals surface area contributed by atoms with Crippen molar-refractivity contribution in [3.05, 3.63) is 96.2 Å². The number of nitrogens with one attached hydrogen (secondary N) is 7. The summed E-state index contributed by atoms with van der Waals surface area (Å²) in [5, 5.41) is 42.2. The number of carboxylic acid groups (broad SMARTS) is 1. The molecule has 0 saturated carbocycles. The van der Waals surface area contributed by atoms with Gasteiger partial charge >= 0.3 is 21.2 Å². The number of fused-ring (bicyclic) bond motifs is 1. The van der Waals surface area contributed by atoms with Crippen LogP contribution in [0.25, 0.3) is 10.9 Å². The number of rotatable bonds is 33. The maximum absolute atomic E-state index is 14.0. The van der Waals surface area contributed by atoms with E-state index in [2.05, 4.69) is 62.2 Å². The van der Waals surface area contributed by atoms with E-state index in [0.29, 0.717) is 109 Å². The Hall–Kier alpha value is -6.80. The Morgan fingerprint density at radius 3 is 2.39 bits per heavy atom. The van der Waals surface area contributed by atoms with Crippen molar-refractivity contribution in [3.8, 4) is 17.8 Å². The lowest BCUT2D eigenvalue weighted by Gasteiger charge is -2.25. The number of H-pyrrole nitrogens is 1. The van der Waals surface area contributed by atoms with E-state index in [4.69, 9.17) is 29.8 Å². The molecular formula is C48H62FN11O12P2. The molecule has 2 aromatic heterocycles. The van der Waals surface area contributed by atoms with Crippen molar-refractivity contribution in [1.29, 1.82) is 0 Å². The van der Waals surface area contributed by atoms with Gasteiger partial charge in [-0.05, 0) is 101 Å². The summed E-state index contributed by atoms with van der Waals surface area (Å²) in [6.45, 7) is 6.34. The number of carbonyl (C=O) groups excluding carboxylic acids is 3. The molecule has 0 saturated heterocycles. The SMILES string of the molecule is C#CP(=O)(Nc1ccc(C(=O)NCCCCCOP(=O)(NC(C)C(=O)NC(C)C(=O)O)OCCN(CC)CCCOc2ccc3c(Nc4cc(CC(=O)Nc5cccc(F)c5)[nH]n4)ncnc3c2)cc1)OCCO. The van der Waals surface area contributed by atoms with Gasteiger partial charge < -0.3 is 50.7 Å². The van der Waals surface area contributed by atoms with Crippen LogP contribution >= 0.6 is 15.3 Å². The van der Waals surface area contributed by atoms with Crippen LogP contribution in [0.3, 0.4) is 0 Å². The highest BCUT2D eigenvalue weighted by Crippen LogP contribution is 2.45. The second-order valence-corrected chi connectivity index (χ2v) is 20.1. The quantitative estimate of drug-likeness (QED) is 0.0132. The molecule has 5 aromatic rings. The van der Waals surface area contributed by atoms with Crippen LogP contribution in [0.5, 0.6) is 5.75 Å². The first-order chi connectivity index (χ1) is 35.5. The number of aromatic nitrogens is 4. The molecule has 9 N–H and O–H groups in total. The van der Waals surface area contributed by atoms with Crippen molar-refractivity contribution >= 4 is 72.9 Å². The van der Waals surface area contributed by atoms with Gasteiger partial charge in [-0.25, -0.2) is 24.0 Å². The van der Waals surface area contributed by atoms with Crippen molar-refractivity contribution in [2.24, 2.45) is 0 Å². The Kier molecular flexibility index (Phi) is 22.9. The second-order valence-electron chi connectivity index (χ2n) is 16.5. The van der Waals surface area contributed by atoms with Crippen LogP contribution in [0, 0.1) is 17.9 Å². The Morgan fingerprint density at radius 2 is 1.66 bits per heavy atom. The molecule has 398 valence electrons. The number of aliphatic hydroxyl groups excluding tert-OH is 1. The number of likely N-dealkylation sites (N-methyl/N-ethyl adjacent to an activating group) is 1. The zero-order valence-electron chi connectivity index (χ0n) is 41.2. The van der Waals surface area contributed by atoms with E-state index in [9.17, 15) is 37.8 Å². The van der Waals surface area contributed by atoms with E-state index in [1.165, 1.54) is 62.6 Å². The highest BCUT2D eigenvalue weighted by Gasteiger charge is 2.31. The van der Waals surface area contributed by atoms with Crippen LogP contribution in [0.1, 0.15) is 62.5 Å². The number of aliphatic hydroxyl groups is 1. The summed E-state index contributed by atoms with van der Waals surface area (Å²) in [6, 6.07) is 16.5. The van der Waals surface area contributed by atoms with E-state index in [0.717, 1.165) is 0 Å². The lowest BCUT2D eigenvalue weighted by Crippen LogP contribution is -2.47. The van der Waals surface area contributed by atoms with Gasteiger partial charge in [-0.3, -0.25) is 37.9 Å². The Balaban J connectivity index is 1.05. The lowest BCUT2D eigenvalue weighted by atomic mass is 10.2. The Bertz CT molecular complexity index is 2800. The highest BCUT2D eigenvalue weighted by molar-refractivity contribution is 7.65. The number of hydrogen-bond donors (Lipinski definition) is 9. The Labute approximate surface area is 427 Å². The van der Waals surface area contributed by atoms with E-state index in [1.807, 2.05) is 13.0 Å². The summed E-state index contributed by atoms with van der Waals surface area (Å²) < 4.78 is 62.7. The predicted octanol–water partition coefficient (Wildman–Crippen LogP) is 6.02. The first-order valence-electron chi connectivity index (χ1n) is 23.7. The van der Waals surface area contributed by atoms with Crippen LogP contribution in [-0.4, -0.2) is 130 Å². The van der Waals surface area contributed by atoms with E-state index in [1.54, 1.807) is 24.3 Å². The number of ether oxygens (including phenoxy) is 1. The maximum Gasteiger partial charge on any atom is 0.406 e. The zero-order chi connectivity index (χ0) is 53.5. The minimum atomic E-state index is -4.11. The predicted molar refractivity (Wildman–Crippen MR) is 275 cm³/mol. The molecule has 0 bridgehead atoms. The number of unbranched alkanes of at least 4 members (excludes halogenated alkanes) is 2. The molecule has 0 aliphatic heterocycles. The van der Waals surface area contributed by atoms with Crippen molar-refractivity contribution in [2.45, 2.75) is 65.0 Å². The fourth-order valence-corrected chi connectivity index (χ4v) is 9.38. The number of aromatic amines is 1. The molecule has 3 amide bonds. The van der Waals surface area contributed by atoms with Crippen molar-refractivity contribution in [2.75, 3.05) is 74.9 Å². The molecule has 2 heterocycles. The monoisotopic (exact) mass is 1070 g/mol. The first-order valence-corrected chi connectivity index (χ1v) is 26.8. The number of hydrogen-bond acceptors (Lipinski definition) is 16. The minimum absolute atomic E-state index is 0.0167. The number of nitrogens with zero attached hydrogens (tertiary/aromatic N) is 4. The number of halogens is 1. The number of amides is 3. The molecular weight excluding hydrogens is 1000 g/mol. The number of aliphatic carboxylic acids is 1. The number of benzene rings is 3. The van der Waals surface area contributed by atoms with Crippen molar-refractivity contribution < 1.29 is 61.2 Å². The topological polar surface area (TPSA) is 310 Å². The number of carboxylic acids is 1. The average Bonchev–Trinajstić information content (AvgIpc) is 3.82. The van der Waals surface area contributed by atoms with Gasteiger partial charge in [0.1, 0.15) is 29.8 Å². The summed E-state index contributed by atoms with van der Waals surface area (Å²) in [5.74, 6) is -1.60. The van der Waals surface area contributed by atoms with E-state index >= 15 is 0 Å². The third-order valence-corrected chi connectivity index (χ3v) is 13.9. The largest absolute Gasteiger partial charge is 0.493 e. The first kappa shape index (κ1) is 58.1. The summed E-state index contributed by atoms with van der Waals surface area (Å²) in [6.07, 6.45) is 8.89. The molecule has 5 rings (SSSR count). The molecule has 0 aliphatic rings. The van der Waals surface area contributed by atoms with Gasteiger partial charge in [0.25, 0.3) is 5.91 Å². The van der Waals surface area contributed by atoms with Gasteiger partial charge in [0.05, 0.1) is 51.0 Å². The lowest BCUT2D eigenvalue weighted by molar-refractivity contribution is -0.141. The normalized spacial score (nSPS) is 13.7. The molecule has 26 heteroatoms. The van der Waals surface area contributed by atoms with Gasteiger partial charge in [0, 0.05) is 65.4 Å². The van der Waals surface area contributed by atoms with Gasteiger partial charge in [-0.1, -0.05) is 13.0 Å². The van der Waals surface area contributed by atoms with Gasteiger partial charge in [0.15, 0.2) is 5.82 Å².